The van der Waals surface area contributed by atoms with Crippen molar-refractivity contribution in [2.45, 2.75) is 0 Å². The van der Waals surface area contributed by atoms with E-state index in [1.54, 1.807) is 0 Å². The van der Waals surface area contributed by atoms with Gasteiger partial charge >= 0.3 is 0 Å². The maximum absolute atomic E-state index is 14.2. The number of carbonyl (C=O) groups is 2. The van der Waals surface area contributed by atoms with Crippen molar-refractivity contribution < 1.29 is 9.59 Å². The zero-order valence-corrected chi connectivity index (χ0v) is 21.7. The Morgan fingerprint density at radius 3 is 0.650 bits per heavy atom. The molecule has 40 heavy (non-hydrogen) atoms. The maximum Gasteiger partial charge on any atom is 0.194 e. The highest BCUT2D eigenvalue weighted by molar-refractivity contribution is 6.30. The molecule has 0 atom stereocenters. The van der Waals surface area contributed by atoms with Crippen molar-refractivity contribution in [1.29, 1.82) is 0 Å². The van der Waals surface area contributed by atoms with Crippen molar-refractivity contribution in [2.24, 2.45) is 0 Å². The van der Waals surface area contributed by atoms with Gasteiger partial charge in [0.15, 0.2) is 11.6 Å². The van der Waals surface area contributed by atoms with E-state index < -0.39 is 0 Å². The number of fused-ring (bicyclic) bond motifs is 2. The monoisotopic (exact) mass is 512 g/mol. The van der Waals surface area contributed by atoms with Crippen LogP contribution in [0, 0.1) is 0 Å². The van der Waals surface area contributed by atoms with Crippen LogP contribution in [0.3, 0.4) is 0 Å². The number of ketones is 2. The molecule has 188 valence electrons. The van der Waals surface area contributed by atoms with E-state index in [4.69, 9.17) is 0 Å². The molecule has 0 spiro atoms. The molecule has 0 bridgehead atoms. The number of hydrogen-bond acceptors (Lipinski definition) is 2. The van der Waals surface area contributed by atoms with Crippen LogP contribution in [0.4, 0.5) is 0 Å². The van der Waals surface area contributed by atoms with Crippen LogP contribution in [0.2, 0.25) is 0 Å². The third kappa shape index (κ3) is 3.98. The number of benzene rings is 6. The van der Waals surface area contributed by atoms with Crippen LogP contribution in [-0.2, 0) is 0 Å². The molecule has 6 aromatic carbocycles. The Balaban J connectivity index is 1.48. The van der Waals surface area contributed by atoms with Crippen LogP contribution in [0.5, 0.6) is 0 Å². The highest BCUT2D eigenvalue weighted by Crippen LogP contribution is 2.41. The molecule has 0 radical (unpaired) electrons. The molecular formula is C38H24O2. The summed E-state index contributed by atoms with van der Waals surface area (Å²) in [5.74, 6) is -0.253. The van der Waals surface area contributed by atoms with E-state index in [1.807, 2.05) is 146 Å². The first-order valence-electron chi connectivity index (χ1n) is 13.4. The molecule has 0 saturated heterocycles. The Morgan fingerprint density at radius 1 is 0.250 bits per heavy atom. The first-order chi connectivity index (χ1) is 19.7. The van der Waals surface area contributed by atoms with E-state index in [1.165, 1.54) is 0 Å². The Kier molecular flexibility index (Phi) is 5.79. The van der Waals surface area contributed by atoms with E-state index >= 15 is 0 Å². The lowest BCUT2D eigenvalue weighted by molar-refractivity contribution is 0.0979. The fourth-order valence-corrected chi connectivity index (χ4v) is 5.67. The van der Waals surface area contributed by atoms with Crippen molar-refractivity contribution in [3.63, 3.8) is 0 Å². The molecule has 1 aliphatic carbocycles. The molecule has 7 rings (SSSR count). The smallest absolute Gasteiger partial charge is 0.194 e. The Labute approximate surface area is 233 Å². The van der Waals surface area contributed by atoms with Gasteiger partial charge in [0.25, 0.3) is 0 Å². The van der Waals surface area contributed by atoms with Crippen LogP contribution in [-0.4, -0.2) is 11.6 Å². The summed E-state index contributed by atoms with van der Waals surface area (Å²) in [6.45, 7) is 0. The molecule has 0 aromatic heterocycles. The van der Waals surface area contributed by atoms with Crippen molar-refractivity contribution in [3.8, 4) is 44.5 Å². The van der Waals surface area contributed by atoms with Gasteiger partial charge in [-0.2, -0.15) is 0 Å². The van der Waals surface area contributed by atoms with Gasteiger partial charge in [-0.15, -0.1) is 0 Å². The maximum atomic E-state index is 14.2. The average molecular weight is 513 g/mol. The van der Waals surface area contributed by atoms with Crippen molar-refractivity contribution in [1.82, 2.24) is 0 Å². The van der Waals surface area contributed by atoms with Crippen molar-refractivity contribution in [3.05, 3.63) is 168 Å². The molecule has 0 amide bonds. The highest BCUT2D eigenvalue weighted by Gasteiger charge is 2.32. The van der Waals surface area contributed by atoms with Gasteiger partial charge in [0.2, 0.25) is 0 Å². The van der Waals surface area contributed by atoms with E-state index in [2.05, 4.69) is 0 Å². The third-order valence-electron chi connectivity index (χ3n) is 7.63. The van der Waals surface area contributed by atoms with E-state index in [0.29, 0.717) is 22.3 Å². The van der Waals surface area contributed by atoms with Gasteiger partial charge in [-0.1, -0.05) is 121 Å². The molecule has 0 N–H and O–H groups in total. The average Bonchev–Trinajstić information content (AvgIpc) is 3.04. The fourth-order valence-electron chi connectivity index (χ4n) is 5.67. The lowest BCUT2D eigenvalue weighted by atomic mass is 9.78. The molecule has 6 aromatic rings. The number of rotatable bonds is 4. The second-order valence-electron chi connectivity index (χ2n) is 10.0. The largest absolute Gasteiger partial charge is 0.289 e. The molecule has 0 unspecified atom stereocenters. The minimum Gasteiger partial charge on any atom is -0.289 e. The van der Waals surface area contributed by atoms with Crippen molar-refractivity contribution >= 4 is 11.6 Å². The Morgan fingerprint density at radius 2 is 0.450 bits per heavy atom. The lowest BCUT2D eigenvalue weighted by Crippen LogP contribution is -2.21. The summed E-state index contributed by atoms with van der Waals surface area (Å²) in [4.78, 5) is 28.3. The van der Waals surface area contributed by atoms with Gasteiger partial charge < -0.3 is 0 Å². The minimum atomic E-state index is -0.127. The van der Waals surface area contributed by atoms with Crippen molar-refractivity contribution in [2.75, 3.05) is 0 Å². The topological polar surface area (TPSA) is 34.1 Å². The van der Waals surface area contributed by atoms with E-state index in [9.17, 15) is 9.59 Å². The summed E-state index contributed by atoms with van der Waals surface area (Å²) in [6, 6.07) is 47.8. The summed E-state index contributed by atoms with van der Waals surface area (Å²) >= 11 is 0. The predicted molar refractivity (Wildman–Crippen MR) is 161 cm³/mol. The van der Waals surface area contributed by atoms with Gasteiger partial charge in [0.1, 0.15) is 0 Å². The standard InChI is InChI=1S/C38H24O2/c39-37-33-21-29(25-13-5-1-6-14-25)30(26-15-7-2-8-16-26)22-34(33)38(40)36-24-32(28-19-11-4-12-20-28)31(23-35(36)37)27-17-9-3-10-18-27/h1-24H. The van der Waals surface area contributed by atoms with E-state index in [-0.39, 0.29) is 11.6 Å². The molecule has 0 heterocycles. The van der Waals surface area contributed by atoms with Gasteiger partial charge in [-0.25, -0.2) is 0 Å². The van der Waals surface area contributed by atoms with Gasteiger partial charge in [0, 0.05) is 22.3 Å². The zero-order chi connectivity index (χ0) is 27.1. The van der Waals surface area contributed by atoms with Crippen LogP contribution in [0.25, 0.3) is 44.5 Å². The summed E-state index contributed by atoms with van der Waals surface area (Å²) in [5.41, 5.74) is 9.51. The zero-order valence-electron chi connectivity index (χ0n) is 21.7. The quantitative estimate of drug-likeness (QED) is 0.236. The molecule has 0 saturated carbocycles. The van der Waals surface area contributed by atoms with Gasteiger partial charge in [-0.05, 0) is 68.8 Å². The van der Waals surface area contributed by atoms with Gasteiger partial charge in [-0.3, -0.25) is 9.59 Å². The minimum absolute atomic E-state index is 0.127. The molecule has 0 aliphatic heterocycles. The van der Waals surface area contributed by atoms with Gasteiger partial charge in [0.05, 0.1) is 0 Å². The molecular weight excluding hydrogens is 488 g/mol. The second kappa shape index (κ2) is 9.76. The third-order valence-corrected chi connectivity index (χ3v) is 7.63. The normalized spacial score (nSPS) is 12.1. The van der Waals surface area contributed by atoms with Crippen LogP contribution in [0.15, 0.2) is 146 Å². The SMILES string of the molecule is O=C1c2cc(-c3ccccc3)c(-c3ccccc3)cc2C(=O)c2cc(-c3ccccc3)c(-c3ccccc3)cc21. The summed E-state index contributed by atoms with van der Waals surface area (Å²) in [7, 11) is 0. The van der Waals surface area contributed by atoms with E-state index in [0.717, 1.165) is 44.5 Å². The summed E-state index contributed by atoms with van der Waals surface area (Å²) < 4.78 is 0. The summed E-state index contributed by atoms with van der Waals surface area (Å²) in [5, 5.41) is 0. The Bertz CT molecular complexity index is 1610. The van der Waals surface area contributed by atoms with Crippen LogP contribution < -0.4 is 0 Å². The highest BCUT2D eigenvalue weighted by atomic mass is 16.1. The molecule has 2 heteroatoms. The number of hydrogen-bond donors (Lipinski definition) is 0. The lowest BCUT2D eigenvalue weighted by Gasteiger charge is -2.23. The molecule has 2 nitrogen and oxygen atoms in total. The summed E-state index contributed by atoms with van der Waals surface area (Å²) in [6.07, 6.45) is 0. The predicted octanol–water partition coefficient (Wildman–Crippen LogP) is 9.13. The molecule has 1 aliphatic rings. The fraction of sp³-hybridized carbons (Fsp3) is 0. The second-order valence-corrected chi connectivity index (χ2v) is 10.0. The first kappa shape index (κ1) is 23.8. The Hall–Kier alpha value is -5.34. The molecule has 0 fully saturated rings. The first-order valence-corrected chi connectivity index (χ1v) is 13.4. The van der Waals surface area contributed by atoms with Crippen LogP contribution in [0.1, 0.15) is 31.8 Å². The number of carbonyl (C=O) groups excluding carboxylic acids is 2. The van der Waals surface area contributed by atoms with Crippen LogP contribution >= 0.6 is 0 Å².